The number of benzene rings is 6. The predicted molar refractivity (Wildman–Crippen MR) is 182 cm³/mol. The van der Waals surface area contributed by atoms with Crippen LogP contribution in [0.3, 0.4) is 0 Å². The molecular formula is C38H23NOS2. The number of hydrogen-bond acceptors (Lipinski definition) is 4. The van der Waals surface area contributed by atoms with E-state index < -0.39 is 0 Å². The minimum absolute atomic E-state index is 0.946. The van der Waals surface area contributed by atoms with Gasteiger partial charge in [0.1, 0.15) is 5.58 Å². The summed E-state index contributed by atoms with van der Waals surface area (Å²) in [6, 6.07) is 50.1. The Morgan fingerprint density at radius 2 is 1.10 bits per heavy atom. The molecule has 2 nitrogen and oxygen atoms in total. The molecule has 9 rings (SSSR count). The van der Waals surface area contributed by atoms with E-state index in [1.54, 1.807) is 11.3 Å². The highest BCUT2D eigenvalue weighted by atomic mass is 32.1. The van der Waals surface area contributed by atoms with Crippen LogP contribution in [0.2, 0.25) is 0 Å². The maximum absolute atomic E-state index is 6.31. The number of rotatable bonds is 4. The molecule has 0 aliphatic heterocycles. The lowest BCUT2D eigenvalue weighted by Gasteiger charge is -2.26. The van der Waals surface area contributed by atoms with Crippen LogP contribution in [0.5, 0.6) is 0 Å². The third kappa shape index (κ3) is 3.69. The third-order valence-corrected chi connectivity index (χ3v) is 10.4. The lowest BCUT2D eigenvalue weighted by Crippen LogP contribution is -2.09. The minimum atomic E-state index is 0.946. The summed E-state index contributed by atoms with van der Waals surface area (Å²) in [6.07, 6.45) is 0. The molecule has 0 saturated carbocycles. The third-order valence-electron chi connectivity index (χ3n) is 8.08. The molecule has 0 spiro atoms. The average molecular weight is 574 g/mol. The topological polar surface area (TPSA) is 16.4 Å². The van der Waals surface area contributed by atoms with E-state index >= 15 is 0 Å². The van der Waals surface area contributed by atoms with Crippen LogP contribution in [-0.2, 0) is 0 Å². The van der Waals surface area contributed by atoms with Gasteiger partial charge < -0.3 is 9.32 Å². The number of anilines is 3. The van der Waals surface area contributed by atoms with Crippen molar-refractivity contribution in [3.63, 3.8) is 0 Å². The molecule has 0 N–H and O–H groups in total. The first-order valence-corrected chi connectivity index (χ1v) is 15.6. The first-order chi connectivity index (χ1) is 20.8. The van der Waals surface area contributed by atoms with E-state index in [-0.39, 0.29) is 0 Å². The van der Waals surface area contributed by atoms with Crippen LogP contribution >= 0.6 is 22.7 Å². The SMILES string of the molecule is c1ccc(-c2ccc(N(c3ccc4c(c3)sc3c5ccccc5oc43)c3ccc4sc5ccccc5c4c3)cc2)cc1. The van der Waals surface area contributed by atoms with Gasteiger partial charge in [0.25, 0.3) is 0 Å². The van der Waals surface area contributed by atoms with Gasteiger partial charge in [0.05, 0.1) is 4.70 Å². The predicted octanol–water partition coefficient (Wildman–Crippen LogP) is 12.3. The standard InChI is InChI=1S/C38H23NOS2/c1-2-8-24(9-3-1)25-14-16-26(17-15-25)39(27-19-21-35-32(22-27)29-10-5-7-13-34(29)41-35)28-18-20-31-36(23-28)42-38-30-11-4-6-12-33(30)40-37(31)38/h1-23H. The van der Waals surface area contributed by atoms with Gasteiger partial charge in [-0.15, -0.1) is 22.7 Å². The summed E-state index contributed by atoms with van der Waals surface area (Å²) in [7, 11) is 0. The van der Waals surface area contributed by atoms with Gasteiger partial charge in [-0.05, 0) is 77.9 Å². The van der Waals surface area contributed by atoms with Gasteiger partial charge >= 0.3 is 0 Å². The molecule has 3 heterocycles. The van der Waals surface area contributed by atoms with Crippen molar-refractivity contribution in [2.24, 2.45) is 0 Å². The van der Waals surface area contributed by atoms with Crippen molar-refractivity contribution < 1.29 is 4.42 Å². The van der Waals surface area contributed by atoms with Crippen molar-refractivity contribution in [2.45, 2.75) is 0 Å². The van der Waals surface area contributed by atoms with E-state index in [2.05, 4.69) is 132 Å². The van der Waals surface area contributed by atoms with Crippen molar-refractivity contribution in [3.05, 3.63) is 140 Å². The molecule has 4 heteroatoms. The summed E-state index contributed by atoms with van der Waals surface area (Å²) in [5.74, 6) is 0. The van der Waals surface area contributed by atoms with Crippen molar-refractivity contribution in [1.82, 2.24) is 0 Å². The molecule has 0 bridgehead atoms. The molecule has 9 aromatic rings. The van der Waals surface area contributed by atoms with Gasteiger partial charge in [-0.1, -0.05) is 72.8 Å². The number of hydrogen-bond donors (Lipinski definition) is 0. The number of fused-ring (bicyclic) bond motifs is 8. The normalized spacial score (nSPS) is 11.8. The van der Waals surface area contributed by atoms with Crippen molar-refractivity contribution in [1.29, 1.82) is 0 Å². The van der Waals surface area contributed by atoms with Crippen LogP contribution in [0, 0.1) is 0 Å². The smallest absolute Gasteiger partial charge is 0.154 e. The van der Waals surface area contributed by atoms with Crippen LogP contribution in [0.4, 0.5) is 17.1 Å². The Bertz CT molecular complexity index is 2410. The molecule has 6 aromatic carbocycles. The fraction of sp³-hybridized carbons (Fsp3) is 0. The van der Waals surface area contributed by atoms with E-state index in [0.29, 0.717) is 0 Å². The van der Waals surface area contributed by atoms with Gasteiger partial charge in [-0.3, -0.25) is 0 Å². The van der Waals surface area contributed by atoms with Crippen LogP contribution in [0.1, 0.15) is 0 Å². The highest BCUT2D eigenvalue weighted by molar-refractivity contribution is 7.26. The Kier molecular flexibility index (Phi) is 5.27. The number of nitrogens with zero attached hydrogens (tertiary/aromatic N) is 1. The minimum Gasteiger partial charge on any atom is -0.454 e. The highest BCUT2D eigenvalue weighted by Gasteiger charge is 2.18. The van der Waals surface area contributed by atoms with Gasteiger partial charge in [-0.25, -0.2) is 0 Å². The second kappa shape index (κ2) is 9.31. The van der Waals surface area contributed by atoms with Crippen LogP contribution < -0.4 is 4.90 Å². The number of furan rings is 1. The van der Waals surface area contributed by atoms with Crippen molar-refractivity contribution >= 4 is 91.2 Å². The average Bonchev–Trinajstić information content (AvgIpc) is 3.71. The number of thiophene rings is 2. The van der Waals surface area contributed by atoms with Crippen LogP contribution in [-0.4, -0.2) is 0 Å². The van der Waals surface area contributed by atoms with Gasteiger partial charge in [0, 0.05) is 52.7 Å². The maximum Gasteiger partial charge on any atom is 0.154 e. The van der Waals surface area contributed by atoms with E-state index in [1.807, 2.05) is 23.5 Å². The molecule has 0 unspecified atom stereocenters. The molecule has 0 amide bonds. The Labute approximate surface area is 250 Å². The van der Waals surface area contributed by atoms with Crippen molar-refractivity contribution in [2.75, 3.05) is 4.90 Å². The Morgan fingerprint density at radius 3 is 1.98 bits per heavy atom. The molecule has 198 valence electrons. The molecule has 0 saturated heterocycles. The monoisotopic (exact) mass is 573 g/mol. The molecule has 0 radical (unpaired) electrons. The quantitative estimate of drug-likeness (QED) is 0.208. The Hall–Kier alpha value is -4.90. The number of para-hydroxylation sites is 1. The zero-order valence-corrected chi connectivity index (χ0v) is 24.1. The zero-order chi connectivity index (χ0) is 27.6. The van der Waals surface area contributed by atoms with E-state index in [9.17, 15) is 0 Å². The van der Waals surface area contributed by atoms with E-state index in [0.717, 1.165) is 33.6 Å². The summed E-state index contributed by atoms with van der Waals surface area (Å²) in [4.78, 5) is 2.37. The first-order valence-electron chi connectivity index (χ1n) is 14.0. The lowest BCUT2D eigenvalue weighted by molar-refractivity contribution is 0.673. The van der Waals surface area contributed by atoms with Crippen LogP contribution in [0.25, 0.3) is 62.6 Å². The van der Waals surface area contributed by atoms with Gasteiger partial charge in [0.2, 0.25) is 0 Å². The molecule has 3 aromatic heterocycles. The molecule has 0 atom stereocenters. The van der Waals surface area contributed by atoms with E-state index in [1.165, 1.54) is 46.1 Å². The van der Waals surface area contributed by atoms with Crippen molar-refractivity contribution in [3.8, 4) is 11.1 Å². The molecule has 0 aliphatic carbocycles. The maximum atomic E-state index is 6.31. The summed E-state index contributed by atoms with van der Waals surface area (Å²) >= 11 is 3.66. The molecule has 42 heavy (non-hydrogen) atoms. The van der Waals surface area contributed by atoms with E-state index in [4.69, 9.17) is 4.42 Å². The second-order valence-corrected chi connectivity index (χ2v) is 12.7. The van der Waals surface area contributed by atoms with Gasteiger partial charge in [0.15, 0.2) is 5.58 Å². The fourth-order valence-electron chi connectivity index (χ4n) is 6.07. The highest BCUT2D eigenvalue weighted by Crippen LogP contribution is 2.45. The fourth-order valence-corrected chi connectivity index (χ4v) is 8.35. The molecular weight excluding hydrogens is 551 g/mol. The summed E-state index contributed by atoms with van der Waals surface area (Å²) in [5, 5.41) is 4.94. The summed E-state index contributed by atoms with van der Waals surface area (Å²) < 4.78 is 11.4. The Morgan fingerprint density at radius 1 is 0.429 bits per heavy atom. The molecule has 0 aliphatic rings. The zero-order valence-electron chi connectivity index (χ0n) is 22.5. The summed E-state index contributed by atoms with van der Waals surface area (Å²) in [5.41, 5.74) is 7.74. The first kappa shape index (κ1) is 23.8. The Balaban J connectivity index is 1.23. The van der Waals surface area contributed by atoms with Crippen LogP contribution in [0.15, 0.2) is 144 Å². The lowest BCUT2D eigenvalue weighted by atomic mass is 10.0. The van der Waals surface area contributed by atoms with Gasteiger partial charge in [-0.2, -0.15) is 0 Å². The largest absolute Gasteiger partial charge is 0.454 e. The summed E-state index contributed by atoms with van der Waals surface area (Å²) in [6.45, 7) is 0. The second-order valence-electron chi connectivity index (χ2n) is 10.6. The molecule has 0 fully saturated rings.